The SMILES string of the molecule is CN(C)c1cc(Nc2ccc(F)c(C(F)(F)F)c2)ncn1. The number of nitrogens with one attached hydrogen (secondary N) is 1. The minimum atomic E-state index is -4.75. The van der Waals surface area contributed by atoms with Crippen molar-refractivity contribution in [1.82, 2.24) is 9.97 Å². The number of anilines is 3. The van der Waals surface area contributed by atoms with Gasteiger partial charge in [-0.25, -0.2) is 14.4 Å². The Labute approximate surface area is 118 Å². The lowest BCUT2D eigenvalue weighted by Gasteiger charge is -2.13. The highest BCUT2D eigenvalue weighted by Crippen LogP contribution is 2.33. The molecule has 0 fully saturated rings. The topological polar surface area (TPSA) is 41.0 Å². The molecular weight excluding hydrogens is 288 g/mol. The first-order valence-electron chi connectivity index (χ1n) is 5.90. The van der Waals surface area contributed by atoms with Crippen molar-refractivity contribution >= 4 is 17.3 Å². The van der Waals surface area contributed by atoms with Gasteiger partial charge >= 0.3 is 6.18 Å². The van der Waals surface area contributed by atoms with E-state index in [2.05, 4.69) is 15.3 Å². The van der Waals surface area contributed by atoms with E-state index >= 15 is 0 Å². The molecule has 0 aliphatic heterocycles. The molecule has 8 heteroatoms. The minimum absolute atomic E-state index is 0.0899. The molecule has 1 heterocycles. The Hall–Kier alpha value is -2.38. The Bertz CT molecular complexity index is 640. The lowest BCUT2D eigenvalue weighted by atomic mass is 10.2. The molecule has 1 aromatic heterocycles. The monoisotopic (exact) mass is 300 g/mol. The summed E-state index contributed by atoms with van der Waals surface area (Å²) in [7, 11) is 3.54. The van der Waals surface area contributed by atoms with Crippen LogP contribution in [-0.4, -0.2) is 24.1 Å². The third kappa shape index (κ3) is 3.59. The van der Waals surface area contributed by atoms with Gasteiger partial charge in [-0.2, -0.15) is 13.2 Å². The fourth-order valence-corrected chi connectivity index (χ4v) is 1.63. The van der Waals surface area contributed by atoms with Crippen LogP contribution in [-0.2, 0) is 6.18 Å². The van der Waals surface area contributed by atoms with Crippen molar-refractivity contribution in [2.45, 2.75) is 6.18 Å². The number of nitrogens with zero attached hydrogens (tertiary/aromatic N) is 3. The molecule has 0 atom stereocenters. The van der Waals surface area contributed by atoms with E-state index in [0.717, 1.165) is 6.07 Å². The fraction of sp³-hybridized carbons (Fsp3) is 0.231. The van der Waals surface area contributed by atoms with E-state index in [1.807, 2.05) is 0 Å². The van der Waals surface area contributed by atoms with E-state index in [-0.39, 0.29) is 5.69 Å². The van der Waals surface area contributed by atoms with Crippen LogP contribution in [0.1, 0.15) is 5.56 Å². The molecular formula is C13H12F4N4. The largest absolute Gasteiger partial charge is 0.419 e. The Morgan fingerprint density at radius 1 is 1.10 bits per heavy atom. The summed E-state index contributed by atoms with van der Waals surface area (Å²) in [5, 5.41) is 2.69. The fourth-order valence-electron chi connectivity index (χ4n) is 1.63. The number of aromatic nitrogens is 2. The summed E-state index contributed by atoms with van der Waals surface area (Å²) in [4.78, 5) is 9.61. The van der Waals surface area contributed by atoms with E-state index in [0.29, 0.717) is 17.7 Å². The summed E-state index contributed by atoms with van der Waals surface area (Å²) in [6, 6.07) is 4.24. The molecule has 0 aliphatic carbocycles. The maximum atomic E-state index is 13.2. The molecule has 0 spiro atoms. The second-order valence-electron chi connectivity index (χ2n) is 4.47. The van der Waals surface area contributed by atoms with Crippen LogP contribution in [0.3, 0.4) is 0 Å². The molecule has 2 aromatic rings. The molecule has 0 aliphatic rings. The van der Waals surface area contributed by atoms with Crippen LogP contribution in [0.2, 0.25) is 0 Å². The van der Waals surface area contributed by atoms with Gasteiger partial charge in [-0.15, -0.1) is 0 Å². The van der Waals surface area contributed by atoms with Crippen LogP contribution in [0.25, 0.3) is 0 Å². The van der Waals surface area contributed by atoms with E-state index in [1.165, 1.54) is 12.4 Å². The smallest absolute Gasteiger partial charge is 0.363 e. The van der Waals surface area contributed by atoms with Crippen LogP contribution in [0.5, 0.6) is 0 Å². The van der Waals surface area contributed by atoms with E-state index in [4.69, 9.17) is 0 Å². The second kappa shape index (κ2) is 5.55. The molecule has 0 bridgehead atoms. The molecule has 0 unspecified atom stereocenters. The second-order valence-corrected chi connectivity index (χ2v) is 4.47. The molecule has 112 valence electrons. The van der Waals surface area contributed by atoms with Crippen molar-refractivity contribution in [1.29, 1.82) is 0 Å². The van der Waals surface area contributed by atoms with Gasteiger partial charge < -0.3 is 10.2 Å². The Morgan fingerprint density at radius 3 is 2.43 bits per heavy atom. The molecule has 1 aromatic carbocycles. The standard InChI is InChI=1S/C13H12F4N4/c1-21(2)12-6-11(18-7-19-12)20-8-3-4-10(14)9(5-8)13(15,16)17/h3-7H,1-2H3,(H,18,19,20). The molecule has 21 heavy (non-hydrogen) atoms. The highest BCUT2D eigenvalue weighted by molar-refractivity contribution is 5.60. The number of hydrogen-bond acceptors (Lipinski definition) is 4. The van der Waals surface area contributed by atoms with Gasteiger partial charge in [0.2, 0.25) is 0 Å². The van der Waals surface area contributed by atoms with Gasteiger partial charge in [0.15, 0.2) is 0 Å². The van der Waals surface area contributed by atoms with Crippen molar-refractivity contribution in [3.8, 4) is 0 Å². The Balaban J connectivity index is 2.30. The van der Waals surface area contributed by atoms with E-state index in [9.17, 15) is 17.6 Å². The van der Waals surface area contributed by atoms with Gasteiger partial charge in [-0.3, -0.25) is 0 Å². The van der Waals surface area contributed by atoms with Crippen molar-refractivity contribution in [2.75, 3.05) is 24.3 Å². The summed E-state index contributed by atoms with van der Waals surface area (Å²) in [5.74, 6) is -0.413. The molecule has 2 rings (SSSR count). The maximum Gasteiger partial charge on any atom is 0.419 e. The third-order valence-electron chi connectivity index (χ3n) is 2.66. The summed E-state index contributed by atoms with van der Waals surface area (Å²) in [5.41, 5.74) is -1.23. The first-order chi connectivity index (χ1) is 9.77. The zero-order valence-corrected chi connectivity index (χ0v) is 11.2. The lowest BCUT2D eigenvalue weighted by molar-refractivity contribution is -0.139. The highest BCUT2D eigenvalue weighted by atomic mass is 19.4. The van der Waals surface area contributed by atoms with Crippen molar-refractivity contribution in [3.05, 3.63) is 42.0 Å². The van der Waals surface area contributed by atoms with E-state index < -0.39 is 17.6 Å². The molecule has 0 amide bonds. The average molecular weight is 300 g/mol. The normalized spacial score (nSPS) is 11.3. The first-order valence-corrected chi connectivity index (χ1v) is 5.90. The molecule has 0 saturated carbocycles. The van der Waals surface area contributed by atoms with Crippen LogP contribution in [0, 0.1) is 5.82 Å². The van der Waals surface area contributed by atoms with Gasteiger partial charge in [-0.05, 0) is 18.2 Å². The van der Waals surface area contributed by atoms with Gasteiger partial charge in [0.1, 0.15) is 23.8 Å². The number of halogens is 4. The first kappa shape index (κ1) is 15.0. The highest BCUT2D eigenvalue weighted by Gasteiger charge is 2.34. The Kier molecular flexibility index (Phi) is 3.97. The predicted octanol–water partition coefficient (Wildman–Crippen LogP) is 3.44. The summed E-state index contributed by atoms with van der Waals surface area (Å²) in [6.07, 6.45) is -3.46. The number of rotatable bonds is 3. The lowest BCUT2D eigenvalue weighted by Crippen LogP contribution is -2.11. The zero-order valence-electron chi connectivity index (χ0n) is 11.2. The average Bonchev–Trinajstić information content (AvgIpc) is 2.40. The molecule has 0 saturated heterocycles. The summed E-state index contributed by atoms with van der Waals surface area (Å²) >= 11 is 0. The van der Waals surface area contributed by atoms with Crippen molar-refractivity contribution < 1.29 is 17.6 Å². The molecule has 1 N–H and O–H groups in total. The van der Waals surface area contributed by atoms with Crippen LogP contribution < -0.4 is 10.2 Å². The predicted molar refractivity (Wildman–Crippen MR) is 71.0 cm³/mol. The van der Waals surface area contributed by atoms with Crippen LogP contribution in [0.4, 0.5) is 34.9 Å². The van der Waals surface area contributed by atoms with Gasteiger partial charge in [-0.1, -0.05) is 0 Å². The quantitative estimate of drug-likeness (QED) is 0.882. The maximum absolute atomic E-state index is 13.2. The molecule has 0 radical (unpaired) electrons. The van der Waals surface area contributed by atoms with Crippen LogP contribution >= 0.6 is 0 Å². The van der Waals surface area contributed by atoms with Crippen molar-refractivity contribution in [3.63, 3.8) is 0 Å². The number of benzene rings is 1. The van der Waals surface area contributed by atoms with Crippen LogP contribution in [0.15, 0.2) is 30.6 Å². The summed E-state index contributed by atoms with van der Waals surface area (Å²) < 4.78 is 51.1. The van der Waals surface area contributed by atoms with Gasteiger partial charge in [0, 0.05) is 25.8 Å². The third-order valence-corrected chi connectivity index (χ3v) is 2.66. The van der Waals surface area contributed by atoms with E-state index in [1.54, 1.807) is 25.1 Å². The van der Waals surface area contributed by atoms with Gasteiger partial charge in [0.25, 0.3) is 0 Å². The number of hydrogen-bond donors (Lipinski definition) is 1. The Morgan fingerprint density at radius 2 is 1.81 bits per heavy atom. The zero-order chi connectivity index (χ0) is 15.6. The number of alkyl halides is 3. The van der Waals surface area contributed by atoms with Gasteiger partial charge in [0.05, 0.1) is 5.56 Å². The van der Waals surface area contributed by atoms with Crippen molar-refractivity contribution in [2.24, 2.45) is 0 Å². The molecule has 4 nitrogen and oxygen atoms in total. The summed E-state index contributed by atoms with van der Waals surface area (Å²) in [6.45, 7) is 0. The minimum Gasteiger partial charge on any atom is -0.363 e.